The first-order chi connectivity index (χ1) is 10.6. The van der Waals surface area contributed by atoms with Crippen molar-refractivity contribution in [1.82, 2.24) is 9.88 Å². The number of fused-ring (bicyclic) bond motifs is 1. The van der Waals surface area contributed by atoms with Gasteiger partial charge in [0.2, 0.25) is 0 Å². The van der Waals surface area contributed by atoms with E-state index in [-0.39, 0.29) is 24.4 Å². The molecule has 0 spiro atoms. The van der Waals surface area contributed by atoms with Crippen molar-refractivity contribution in [3.63, 3.8) is 0 Å². The van der Waals surface area contributed by atoms with Gasteiger partial charge in [-0.3, -0.25) is 4.79 Å². The van der Waals surface area contributed by atoms with E-state index in [9.17, 15) is 4.79 Å². The van der Waals surface area contributed by atoms with Crippen LogP contribution in [0.1, 0.15) is 29.1 Å². The standard InChI is InChI=1S/C16H19N3O2S.ClH/c1-9-2-5-14(21-9)15-18-13(8-22-15)16(20)19-6-10-3-4-12(17)11(10)7-19;/h2,5,8,10-12H,3-4,6-7,17H2,1H3;1H. The fraction of sp³-hybridized carbons (Fsp3) is 0.500. The van der Waals surface area contributed by atoms with E-state index in [4.69, 9.17) is 10.2 Å². The predicted molar refractivity (Wildman–Crippen MR) is 91.9 cm³/mol. The van der Waals surface area contributed by atoms with E-state index in [1.807, 2.05) is 29.3 Å². The molecule has 3 heterocycles. The Bertz CT molecular complexity index is 714. The fourth-order valence-corrected chi connectivity index (χ4v) is 4.42. The molecule has 2 aromatic heterocycles. The van der Waals surface area contributed by atoms with Crippen LogP contribution >= 0.6 is 23.7 Å². The van der Waals surface area contributed by atoms with Crippen molar-refractivity contribution in [2.45, 2.75) is 25.8 Å². The number of hydrogen-bond donors (Lipinski definition) is 1. The molecule has 5 nitrogen and oxygen atoms in total. The first kappa shape index (κ1) is 16.5. The zero-order chi connectivity index (χ0) is 15.3. The molecule has 1 amide bonds. The first-order valence-corrected chi connectivity index (χ1v) is 8.57. The average Bonchev–Trinajstić information content (AvgIpc) is 3.23. The smallest absolute Gasteiger partial charge is 0.273 e. The summed E-state index contributed by atoms with van der Waals surface area (Å²) < 4.78 is 5.57. The monoisotopic (exact) mass is 353 g/mol. The van der Waals surface area contributed by atoms with Gasteiger partial charge in [-0.25, -0.2) is 4.98 Å². The minimum atomic E-state index is 0. The normalized spacial score (nSPS) is 26.2. The SMILES string of the molecule is Cc1ccc(-c2nc(C(=O)N3CC4CCC(N)C4C3)cs2)o1.Cl. The van der Waals surface area contributed by atoms with Crippen molar-refractivity contribution in [2.24, 2.45) is 17.6 Å². The van der Waals surface area contributed by atoms with Crippen molar-refractivity contribution in [2.75, 3.05) is 13.1 Å². The number of carbonyl (C=O) groups is 1. The summed E-state index contributed by atoms with van der Waals surface area (Å²) in [5, 5.41) is 2.58. The molecule has 23 heavy (non-hydrogen) atoms. The van der Waals surface area contributed by atoms with Gasteiger partial charge in [0.05, 0.1) is 0 Å². The van der Waals surface area contributed by atoms with Gasteiger partial charge in [-0.15, -0.1) is 23.7 Å². The number of hydrogen-bond acceptors (Lipinski definition) is 5. The molecule has 1 aliphatic carbocycles. The highest BCUT2D eigenvalue weighted by molar-refractivity contribution is 7.13. The van der Waals surface area contributed by atoms with Crippen molar-refractivity contribution in [3.8, 4) is 10.8 Å². The second-order valence-corrected chi connectivity index (χ2v) is 7.18. The molecular formula is C16H20ClN3O2S. The molecule has 2 aromatic rings. The van der Waals surface area contributed by atoms with E-state index < -0.39 is 0 Å². The minimum Gasteiger partial charge on any atom is -0.459 e. The Hall–Kier alpha value is -1.37. The van der Waals surface area contributed by atoms with Gasteiger partial charge in [0.1, 0.15) is 11.5 Å². The van der Waals surface area contributed by atoms with E-state index in [2.05, 4.69) is 4.98 Å². The zero-order valence-electron chi connectivity index (χ0n) is 12.9. The third kappa shape index (κ3) is 2.91. The van der Waals surface area contributed by atoms with Crippen molar-refractivity contribution >= 4 is 29.7 Å². The predicted octanol–water partition coefficient (Wildman–Crippen LogP) is 2.94. The van der Waals surface area contributed by atoms with Crippen LogP contribution < -0.4 is 5.73 Å². The van der Waals surface area contributed by atoms with Crippen molar-refractivity contribution < 1.29 is 9.21 Å². The highest BCUT2D eigenvalue weighted by atomic mass is 35.5. The van der Waals surface area contributed by atoms with E-state index in [0.29, 0.717) is 17.5 Å². The number of thiazole rings is 1. The average molecular weight is 354 g/mol. The van der Waals surface area contributed by atoms with Crippen molar-refractivity contribution in [1.29, 1.82) is 0 Å². The first-order valence-electron chi connectivity index (χ1n) is 7.69. The molecule has 2 aliphatic rings. The number of halogens is 1. The molecule has 1 saturated carbocycles. The summed E-state index contributed by atoms with van der Waals surface area (Å²) in [4.78, 5) is 19.0. The quantitative estimate of drug-likeness (QED) is 0.900. The van der Waals surface area contributed by atoms with Crippen LogP contribution in [0.2, 0.25) is 0 Å². The highest BCUT2D eigenvalue weighted by Crippen LogP contribution is 2.37. The largest absolute Gasteiger partial charge is 0.459 e. The van der Waals surface area contributed by atoms with Crippen LogP contribution in [0.25, 0.3) is 10.8 Å². The number of nitrogens with zero attached hydrogens (tertiary/aromatic N) is 2. The summed E-state index contributed by atoms with van der Waals surface area (Å²) in [5.74, 6) is 2.63. The molecule has 7 heteroatoms. The molecule has 2 fully saturated rings. The molecule has 1 aliphatic heterocycles. The number of carbonyl (C=O) groups excluding carboxylic acids is 1. The molecule has 3 unspecified atom stereocenters. The van der Waals surface area contributed by atoms with E-state index in [0.717, 1.165) is 42.5 Å². The Balaban J connectivity index is 0.00000156. The molecule has 0 aromatic carbocycles. The van der Waals surface area contributed by atoms with Gasteiger partial charge in [-0.05, 0) is 43.7 Å². The summed E-state index contributed by atoms with van der Waals surface area (Å²) in [7, 11) is 0. The molecule has 4 rings (SSSR count). The third-order valence-electron chi connectivity index (χ3n) is 4.87. The lowest BCUT2D eigenvalue weighted by molar-refractivity contribution is 0.0774. The number of likely N-dealkylation sites (tertiary alicyclic amines) is 1. The van der Waals surface area contributed by atoms with Crippen LogP contribution in [0.15, 0.2) is 21.9 Å². The Labute approximate surface area is 145 Å². The molecule has 2 N–H and O–H groups in total. The molecular weight excluding hydrogens is 334 g/mol. The Morgan fingerprint density at radius 3 is 2.91 bits per heavy atom. The number of amides is 1. The van der Waals surface area contributed by atoms with Crippen LogP contribution in [0, 0.1) is 18.8 Å². The van der Waals surface area contributed by atoms with Crippen LogP contribution in [0.3, 0.4) is 0 Å². The van der Waals surface area contributed by atoms with E-state index in [1.54, 1.807) is 0 Å². The van der Waals surface area contributed by atoms with Gasteiger partial charge < -0.3 is 15.1 Å². The maximum Gasteiger partial charge on any atom is 0.273 e. The van der Waals surface area contributed by atoms with E-state index >= 15 is 0 Å². The maximum absolute atomic E-state index is 12.6. The third-order valence-corrected chi connectivity index (χ3v) is 5.73. The van der Waals surface area contributed by atoms with Gasteiger partial charge in [-0.1, -0.05) is 0 Å². The maximum atomic E-state index is 12.6. The molecule has 0 radical (unpaired) electrons. The lowest BCUT2D eigenvalue weighted by atomic mass is 9.98. The van der Waals surface area contributed by atoms with Crippen LogP contribution in [-0.2, 0) is 0 Å². The second-order valence-electron chi connectivity index (χ2n) is 6.32. The van der Waals surface area contributed by atoms with Gasteiger partial charge in [0.15, 0.2) is 10.8 Å². The highest BCUT2D eigenvalue weighted by Gasteiger charge is 2.42. The second kappa shape index (κ2) is 6.26. The Kier molecular flexibility index (Phi) is 4.49. The lowest BCUT2D eigenvalue weighted by Gasteiger charge is -2.17. The number of aryl methyl sites for hydroxylation is 1. The van der Waals surface area contributed by atoms with Gasteiger partial charge in [-0.2, -0.15) is 0 Å². The number of nitrogens with two attached hydrogens (primary N) is 1. The minimum absolute atomic E-state index is 0. The Morgan fingerprint density at radius 1 is 1.39 bits per heavy atom. The molecule has 0 bridgehead atoms. The summed E-state index contributed by atoms with van der Waals surface area (Å²) in [6.07, 6.45) is 2.24. The van der Waals surface area contributed by atoms with Crippen molar-refractivity contribution in [3.05, 3.63) is 29.0 Å². The lowest BCUT2D eigenvalue weighted by Crippen LogP contribution is -2.33. The molecule has 1 saturated heterocycles. The summed E-state index contributed by atoms with van der Waals surface area (Å²) in [6, 6.07) is 4.04. The topological polar surface area (TPSA) is 72.4 Å². The number of rotatable bonds is 2. The number of aromatic nitrogens is 1. The summed E-state index contributed by atoms with van der Waals surface area (Å²) >= 11 is 1.45. The van der Waals surface area contributed by atoms with Crippen LogP contribution in [0.4, 0.5) is 0 Å². The molecule has 3 atom stereocenters. The fourth-order valence-electron chi connectivity index (χ4n) is 3.67. The zero-order valence-corrected chi connectivity index (χ0v) is 14.5. The van der Waals surface area contributed by atoms with Gasteiger partial charge in [0, 0.05) is 24.5 Å². The van der Waals surface area contributed by atoms with Crippen LogP contribution in [0.5, 0.6) is 0 Å². The number of furan rings is 1. The summed E-state index contributed by atoms with van der Waals surface area (Å²) in [6.45, 7) is 3.50. The molecule has 124 valence electrons. The van der Waals surface area contributed by atoms with Gasteiger partial charge >= 0.3 is 0 Å². The van der Waals surface area contributed by atoms with E-state index in [1.165, 1.54) is 11.3 Å². The Morgan fingerprint density at radius 2 is 2.22 bits per heavy atom. The van der Waals surface area contributed by atoms with Crippen LogP contribution in [-0.4, -0.2) is 34.9 Å². The van der Waals surface area contributed by atoms with Gasteiger partial charge in [0.25, 0.3) is 5.91 Å². The summed E-state index contributed by atoms with van der Waals surface area (Å²) in [5.41, 5.74) is 6.66.